The Balaban J connectivity index is 3.26. The molecule has 1 N–H and O–H groups in total. The van der Waals surface area contributed by atoms with Crippen LogP contribution in [0.4, 0.5) is 13.2 Å². The topological polar surface area (TPSA) is 21.3 Å². The fourth-order valence-corrected chi connectivity index (χ4v) is 0.917. The third-order valence-corrected chi connectivity index (χ3v) is 2.41. The molecule has 2 nitrogen and oxygen atoms in total. The first-order valence-electron chi connectivity index (χ1n) is 4.82. The molecule has 15 heavy (non-hydrogen) atoms. The summed E-state index contributed by atoms with van der Waals surface area (Å²) in [5.41, 5.74) is 0. The first-order valence-corrected chi connectivity index (χ1v) is 5.26. The van der Waals surface area contributed by atoms with Crippen LogP contribution in [0.5, 0.6) is 0 Å². The molecule has 0 aliphatic heterocycles. The van der Waals surface area contributed by atoms with E-state index in [2.05, 4.69) is 10.1 Å². The Bertz CT molecular complexity index is 164. The summed E-state index contributed by atoms with van der Waals surface area (Å²) in [6.07, 6.45) is -4.24. The SMILES string of the molecule is CC(C)C(Cl)CNCCOCC(F)(F)F. The third-order valence-electron chi connectivity index (χ3n) is 1.75. The molecule has 0 aliphatic carbocycles. The molecular weight excluding hydrogens is 231 g/mol. The van der Waals surface area contributed by atoms with E-state index in [1.165, 1.54) is 0 Å². The Hall–Kier alpha value is -0.0000000000000000555. The van der Waals surface area contributed by atoms with Gasteiger partial charge in [-0.05, 0) is 5.92 Å². The lowest BCUT2D eigenvalue weighted by Crippen LogP contribution is -2.30. The van der Waals surface area contributed by atoms with Gasteiger partial charge in [0.15, 0.2) is 0 Å². The maximum Gasteiger partial charge on any atom is 0.411 e. The number of ether oxygens (including phenoxy) is 1. The van der Waals surface area contributed by atoms with Crippen LogP contribution in [0.1, 0.15) is 13.8 Å². The van der Waals surface area contributed by atoms with E-state index >= 15 is 0 Å². The van der Waals surface area contributed by atoms with Crippen LogP contribution in [0, 0.1) is 5.92 Å². The average Bonchev–Trinajstić information content (AvgIpc) is 2.08. The second-order valence-electron chi connectivity index (χ2n) is 3.63. The van der Waals surface area contributed by atoms with E-state index in [4.69, 9.17) is 11.6 Å². The molecule has 0 saturated carbocycles. The minimum Gasteiger partial charge on any atom is -0.371 e. The highest BCUT2D eigenvalue weighted by Gasteiger charge is 2.27. The van der Waals surface area contributed by atoms with Crippen LogP contribution in [0.15, 0.2) is 0 Å². The zero-order valence-corrected chi connectivity index (χ0v) is 9.66. The first kappa shape index (κ1) is 15.0. The standard InChI is InChI=1S/C9H17ClF3NO/c1-7(2)8(10)5-14-3-4-15-6-9(11,12)13/h7-8,14H,3-6H2,1-2H3. The summed E-state index contributed by atoms with van der Waals surface area (Å²) in [5, 5.41) is 2.92. The summed E-state index contributed by atoms with van der Waals surface area (Å²) in [6, 6.07) is 0. The van der Waals surface area contributed by atoms with Crippen molar-refractivity contribution >= 4 is 11.6 Å². The minimum atomic E-state index is -4.24. The van der Waals surface area contributed by atoms with Crippen LogP contribution in [-0.4, -0.2) is 37.9 Å². The van der Waals surface area contributed by atoms with E-state index < -0.39 is 12.8 Å². The molecule has 1 atom stereocenters. The van der Waals surface area contributed by atoms with E-state index in [1.54, 1.807) is 0 Å². The van der Waals surface area contributed by atoms with Gasteiger partial charge in [-0.3, -0.25) is 0 Å². The average molecular weight is 248 g/mol. The van der Waals surface area contributed by atoms with Crippen molar-refractivity contribution in [2.45, 2.75) is 25.4 Å². The number of nitrogens with one attached hydrogen (secondary N) is 1. The Morgan fingerprint density at radius 3 is 2.40 bits per heavy atom. The number of alkyl halides is 4. The maximum atomic E-state index is 11.6. The highest BCUT2D eigenvalue weighted by Crippen LogP contribution is 2.14. The second-order valence-corrected chi connectivity index (χ2v) is 4.19. The van der Waals surface area contributed by atoms with Gasteiger partial charge in [-0.1, -0.05) is 13.8 Å². The summed E-state index contributed by atoms with van der Waals surface area (Å²) in [5.74, 6) is 0.343. The van der Waals surface area contributed by atoms with E-state index in [9.17, 15) is 13.2 Å². The van der Waals surface area contributed by atoms with Gasteiger partial charge in [-0.25, -0.2) is 0 Å². The number of rotatable bonds is 7. The Kier molecular flexibility index (Phi) is 7.30. The maximum absolute atomic E-state index is 11.6. The Morgan fingerprint density at radius 2 is 1.93 bits per heavy atom. The number of halogens is 4. The Morgan fingerprint density at radius 1 is 1.33 bits per heavy atom. The van der Waals surface area contributed by atoms with Gasteiger partial charge < -0.3 is 10.1 Å². The predicted octanol–water partition coefficient (Wildman–Crippen LogP) is 2.42. The van der Waals surface area contributed by atoms with E-state index in [0.717, 1.165) is 0 Å². The Labute approximate surface area is 93.1 Å². The molecule has 1 unspecified atom stereocenters. The van der Waals surface area contributed by atoms with E-state index in [1.807, 2.05) is 13.8 Å². The summed E-state index contributed by atoms with van der Waals surface area (Å²) < 4.78 is 39.3. The van der Waals surface area contributed by atoms with Gasteiger partial charge in [0.25, 0.3) is 0 Å². The van der Waals surface area contributed by atoms with Gasteiger partial charge in [0.2, 0.25) is 0 Å². The van der Waals surface area contributed by atoms with Crippen molar-refractivity contribution < 1.29 is 17.9 Å². The molecule has 0 amide bonds. The largest absolute Gasteiger partial charge is 0.411 e. The lowest BCUT2D eigenvalue weighted by atomic mass is 10.1. The molecule has 0 aliphatic rings. The molecule has 92 valence electrons. The number of hydrogen-bond donors (Lipinski definition) is 1. The second kappa shape index (κ2) is 7.30. The molecule has 0 fully saturated rings. The van der Waals surface area contributed by atoms with Crippen molar-refractivity contribution in [2.75, 3.05) is 26.3 Å². The van der Waals surface area contributed by atoms with Crippen molar-refractivity contribution in [3.8, 4) is 0 Å². The normalized spacial score (nSPS) is 14.6. The fourth-order valence-electron chi connectivity index (χ4n) is 0.808. The number of hydrogen-bond acceptors (Lipinski definition) is 2. The van der Waals surface area contributed by atoms with Gasteiger partial charge in [-0.2, -0.15) is 13.2 Å². The van der Waals surface area contributed by atoms with Crippen molar-refractivity contribution in [3.05, 3.63) is 0 Å². The molecular formula is C9H17ClF3NO. The third kappa shape index (κ3) is 10.3. The molecule has 0 saturated heterocycles. The van der Waals surface area contributed by atoms with Crippen LogP contribution in [-0.2, 0) is 4.74 Å². The van der Waals surface area contributed by atoms with Gasteiger partial charge in [-0.15, -0.1) is 11.6 Å². The van der Waals surface area contributed by atoms with Crippen molar-refractivity contribution in [2.24, 2.45) is 5.92 Å². The zero-order valence-electron chi connectivity index (χ0n) is 8.90. The summed E-state index contributed by atoms with van der Waals surface area (Å²) in [6.45, 7) is 3.78. The zero-order chi connectivity index (χ0) is 11.9. The molecule has 0 bridgehead atoms. The highest BCUT2D eigenvalue weighted by molar-refractivity contribution is 6.20. The summed E-state index contributed by atoms with van der Waals surface area (Å²) in [7, 11) is 0. The van der Waals surface area contributed by atoms with Crippen LogP contribution < -0.4 is 5.32 Å². The lowest BCUT2D eigenvalue weighted by Gasteiger charge is -2.14. The van der Waals surface area contributed by atoms with Crippen molar-refractivity contribution in [1.29, 1.82) is 0 Å². The van der Waals surface area contributed by atoms with Crippen molar-refractivity contribution in [1.82, 2.24) is 5.32 Å². The fraction of sp³-hybridized carbons (Fsp3) is 1.00. The lowest BCUT2D eigenvalue weighted by molar-refractivity contribution is -0.173. The molecule has 0 radical (unpaired) electrons. The molecule has 0 aromatic carbocycles. The van der Waals surface area contributed by atoms with Crippen molar-refractivity contribution in [3.63, 3.8) is 0 Å². The summed E-state index contributed by atoms with van der Waals surface area (Å²) >= 11 is 5.92. The van der Waals surface area contributed by atoms with Gasteiger partial charge in [0, 0.05) is 18.5 Å². The molecule has 0 aromatic rings. The van der Waals surface area contributed by atoms with Crippen LogP contribution in [0.2, 0.25) is 0 Å². The smallest absolute Gasteiger partial charge is 0.371 e. The summed E-state index contributed by atoms with van der Waals surface area (Å²) in [4.78, 5) is 0. The monoisotopic (exact) mass is 247 g/mol. The van der Waals surface area contributed by atoms with Gasteiger partial charge in [0.05, 0.1) is 6.61 Å². The molecule has 0 aromatic heterocycles. The minimum absolute atomic E-state index is 0.00684. The molecule has 0 rings (SSSR count). The van der Waals surface area contributed by atoms with E-state index in [-0.39, 0.29) is 12.0 Å². The predicted molar refractivity (Wildman–Crippen MR) is 54.2 cm³/mol. The highest BCUT2D eigenvalue weighted by atomic mass is 35.5. The molecule has 0 heterocycles. The molecule has 0 spiro atoms. The van der Waals surface area contributed by atoms with Crippen LogP contribution in [0.3, 0.4) is 0 Å². The van der Waals surface area contributed by atoms with Gasteiger partial charge in [0.1, 0.15) is 6.61 Å². The first-order chi connectivity index (χ1) is 6.83. The van der Waals surface area contributed by atoms with Gasteiger partial charge >= 0.3 is 6.18 Å². The quantitative estimate of drug-likeness (QED) is 0.551. The van der Waals surface area contributed by atoms with E-state index in [0.29, 0.717) is 19.0 Å². The van der Waals surface area contributed by atoms with Crippen LogP contribution >= 0.6 is 11.6 Å². The molecule has 6 heteroatoms. The van der Waals surface area contributed by atoms with Crippen LogP contribution in [0.25, 0.3) is 0 Å².